The lowest BCUT2D eigenvalue weighted by molar-refractivity contribution is 0.669. The molecule has 0 aliphatic heterocycles. The number of nitrogens with zero attached hydrogens (tertiary/aromatic N) is 6. The molecule has 0 spiro atoms. The molecule has 12 rings (SSSR count). The number of furan rings is 1. The molecule has 4 heterocycles. The van der Waals surface area contributed by atoms with Gasteiger partial charge in [-0.2, -0.15) is 10.5 Å². The van der Waals surface area contributed by atoms with Crippen molar-refractivity contribution in [1.29, 1.82) is 10.5 Å². The first-order valence-corrected chi connectivity index (χ1v) is 20.0. The van der Waals surface area contributed by atoms with Gasteiger partial charge in [0, 0.05) is 54.7 Å². The highest BCUT2D eigenvalue weighted by Gasteiger charge is 2.23. The van der Waals surface area contributed by atoms with Crippen LogP contribution in [0.15, 0.2) is 186 Å². The minimum Gasteiger partial charge on any atom is -0.456 e. The highest BCUT2D eigenvalue weighted by molar-refractivity contribution is 6.19. The normalized spacial score (nSPS) is 11.6. The summed E-state index contributed by atoms with van der Waals surface area (Å²) in [5.41, 5.74) is 11.4. The minimum absolute atomic E-state index is 0.324. The molecule has 7 heteroatoms. The summed E-state index contributed by atoms with van der Waals surface area (Å²) in [7, 11) is 0. The first kappa shape index (κ1) is 34.3. The fourth-order valence-electron chi connectivity index (χ4n) is 9.09. The van der Waals surface area contributed by atoms with Crippen LogP contribution in [0.5, 0.6) is 0 Å². The van der Waals surface area contributed by atoms with Crippen molar-refractivity contribution in [2.24, 2.45) is 0 Å². The number of aromatic nitrogens is 4. The zero-order valence-corrected chi connectivity index (χ0v) is 32.4. The highest BCUT2D eigenvalue weighted by Crippen LogP contribution is 2.41. The van der Waals surface area contributed by atoms with Gasteiger partial charge in [0.2, 0.25) is 0 Å². The highest BCUT2D eigenvalue weighted by atomic mass is 16.3. The Labute approximate surface area is 348 Å². The monoisotopic (exact) mass is 778 g/mol. The molecule has 0 atom stereocenters. The maximum Gasteiger partial charge on any atom is 0.160 e. The van der Waals surface area contributed by atoms with Crippen molar-refractivity contribution in [2.75, 3.05) is 0 Å². The van der Waals surface area contributed by atoms with Gasteiger partial charge in [-0.1, -0.05) is 115 Å². The van der Waals surface area contributed by atoms with E-state index in [0.29, 0.717) is 33.9 Å². The summed E-state index contributed by atoms with van der Waals surface area (Å²) in [5, 5.41) is 28.3. The Kier molecular flexibility index (Phi) is 7.52. The molecular formula is C54H30N6O. The van der Waals surface area contributed by atoms with Gasteiger partial charge in [-0.15, -0.1) is 0 Å². The number of benzene rings is 8. The molecule has 0 amide bonds. The summed E-state index contributed by atoms with van der Waals surface area (Å²) in [6.45, 7) is 0. The molecule has 4 aromatic heterocycles. The van der Waals surface area contributed by atoms with Crippen molar-refractivity contribution >= 4 is 65.6 Å². The summed E-state index contributed by atoms with van der Waals surface area (Å²) in [5.74, 6) is 0.443. The summed E-state index contributed by atoms with van der Waals surface area (Å²) in [6.07, 6.45) is 0. The third kappa shape index (κ3) is 5.22. The van der Waals surface area contributed by atoms with Crippen LogP contribution < -0.4 is 0 Å². The number of para-hydroxylation sites is 4. The number of hydrogen-bond donors (Lipinski definition) is 0. The number of hydrogen-bond acceptors (Lipinski definition) is 5. The summed E-state index contributed by atoms with van der Waals surface area (Å²) in [6, 6.07) is 66.2. The smallest absolute Gasteiger partial charge is 0.160 e. The average molecular weight is 779 g/mol. The molecule has 61 heavy (non-hydrogen) atoms. The largest absolute Gasteiger partial charge is 0.456 e. The molecule has 0 bridgehead atoms. The SMILES string of the molecule is N#Cc1cc(-c2nc(-c3ccc4c(c3)oc3ccccc34)nc(-c3ccccc3)c2C#N)ccc1-n1c2ccccc2c2cc3c4ccccc4n(-c4ccccc4)c3cc21. The van der Waals surface area contributed by atoms with Crippen LogP contribution in [0.3, 0.4) is 0 Å². The summed E-state index contributed by atoms with van der Waals surface area (Å²) < 4.78 is 10.8. The lowest BCUT2D eigenvalue weighted by Gasteiger charge is -2.15. The maximum absolute atomic E-state index is 11.0. The van der Waals surface area contributed by atoms with E-state index in [0.717, 1.165) is 82.7 Å². The third-order valence-corrected chi connectivity index (χ3v) is 11.8. The van der Waals surface area contributed by atoms with E-state index in [4.69, 9.17) is 14.4 Å². The molecule has 0 saturated carbocycles. The average Bonchev–Trinajstić information content (AvgIpc) is 3.97. The Morgan fingerprint density at radius 3 is 1.72 bits per heavy atom. The standard InChI is InChI=1S/C54H30N6O/c55-31-36-27-34(53-44(32-56)52(33-13-3-1-4-14-33)57-54(58-53)35-23-25-41-40-19-9-12-22-50(40)61-51(41)28-35)24-26-45(36)60-47-21-11-8-18-39(47)43-29-42-38-17-7-10-20-46(38)59(48(42)30-49(43)60)37-15-5-2-6-16-37/h1-30H. The van der Waals surface area contributed by atoms with Gasteiger partial charge >= 0.3 is 0 Å². The summed E-state index contributed by atoms with van der Waals surface area (Å²) in [4.78, 5) is 10.1. The first-order valence-electron chi connectivity index (χ1n) is 20.0. The van der Waals surface area contributed by atoms with Crippen molar-refractivity contribution < 1.29 is 4.42 Å². The molecule has 12 aromatic rings. The van der Waals surface area contributed by atoms with Gasteiger partial charge in [0.05, 0.1) is 44.7 Å². The maximum atomic E-state index is 11.0. The van der Waals surface area contributed by atoms with Gasteiger partial charge in [0.1, 0.15) is 28.9 Å². The fourth-order valence-corrected chi connectivity index (χ4v) is 9.09. The molecular weight excluding hydrogens is 749 g/mol. The second-order valence-corrected chi connectivity index (χ2v) is 15.2. The Morgan fingerprint density at radius 1 is 0.410 bits per heavy atom. The fraction of sp³-hybridized carbons (Fsp3) is 0. The molecule has 0 unspecified atom stereocenters. The molecule has 0 N–H and O–H groups in total. The van der Waals surface area contributed by atoms with E-state index in [1.165, 1.54) is 5.39 Å². The molecule has 282 valence electrons. The van der Waals surface area contributed by atoms with Crippen LogP contribution in [0.2, 0.25) is 0 Å². The van der Waals surface area contributed by atoms with Crippen LogP contribution in [0.4, 0.5) is 0 Å². The van der Waals surface area contributed by atoms with Crippen LogP contribution in [0.1, 0.15) is 11.1 Å². The molecule has 0 aliphatic rings. The third-order valence-electron chi connectivity index (χ3n) is 11.8. The van der Waals surface area contributed by atoms with Crippen molar-refractivity contribution in [3.63, 3.8) is 0 Å². The van der Waals surface area contributed by atoms with Crippen LogP contribution in [-0.4, -0.2) is 19.1 Å². The van der Waals surface area contributed by atoms with Gasteiger partial charge in [0.15, 0.2) is 5.82 Å². The van der Waals surface area contributed by atoms with Crippen molar-refractivity contribution in [1.82, 2.24) is 19.1 Å². The second kappa shape index (κ2) is 13.4. The number of rotatable bonds is 5. The topological polar surface area (TPSA) is 96.4 Å². The molecule has 0 fully saturated rings. The van der Waals surface area contributed by atoms with Crippen LogP contribution in [0, 0.1) is 22.7 Å². The van der Waals surface area contributed by atoms with E-state index in [9.17, 15) is 10.5 Å². The van der Waals surface area contributed by atoms with E-state index < -0.39 is 0 Å². The molecule has 0 aliphatic carbocycles. The lowest BCUT2D eigenvalue weighted by Crippen LogP contribution is -2.03. The van der Waals surface area contributed by atoms with Crippen molar-refractivity contribution in [2.45, 2.75) is 0 Å². The molecule has 8 aromatic carbocycles. The van der Waals surface area contributed by atoms with Crippen LogP contribution >= 0.6 is 0 Å². The lowest BCUT2D eigenvalue weighted by atomic mass is 9.98. The number of nitriles is 2. The zero-order chi connectivity index (χ0) is 40.6. The van der Waals surface area contributed by atoms with Gasteiger partial charge in [-0.3, -0.25) is 0 Å². The summed E-state index contributed by atoms with van der Waals surface area (Å²) >= 11 is 0. The molecule has 0 radical (unpaired) electrons. The van der Waals surface area contributed by atoms with E-state index in [2.05, 4.69) is 100 Å². The van der Waals surface area contributed by atoms with Crippen LogP contribution in [-0.2, 0) is 0 Å². The number of fused-ring (bicyclic) bond motifs is 9. The van der Waals surface area contributed by atoms with Gasteiger partial charge in [-0.05, 0) is 66.7 Å². The van der Waals surface area contributed by atoms with Gasteiger partial charge in [-0.25, -0.2) is 9.97 Å². The van der Waals surface area contributed by atoms with E-state index in [1.807, 2.05) is 103 Å². The first-order chi connectivity index (χ1) is 30.2. The Bertz CT molecular complexity index is 3840. The van der Waals surface area contributed by atoms with Crippen molar-refractivity contribution in [3.05, 3.63) is 193 Å². The molecule has 0 saturated heterocycles. The zero-order valence-electron chi connectivity index (χ0n) is 32.4. The predicted molar refractivity (Wildman–Crippen MR) is 244 cm³/mol. The Morgan fingerprint density at radius 2 is 1.00 bits per heavy atom. The minimum atomic E-state index is 0.324. The van der Waals surface area contributed by atoms with E-state index in [1.54, 1.807) is 0 Å². The molecule has 7 nitrogen and oxygen atoms in total. The van der Waals surface area contributed by atoms with Gasteiger partial charge < -0.3 is 13.6 Å². The van der Waals surface area contributed by atoms with Crippen molar-refractivity contribution in [3.8, 4) is 57.4 Å². The van der Waals surface area contributed by atoms with E-state index in [-0.39, 0.29) is 0 Å². The Hall–Kier alpha value is -8.78. The van der Waals surface area contributed by atoms with Crippen LogP contribution in [0.25, 0.3) is 111 Å². The predicted octanol–water partition coefficient (Wildman–Crippen LogP) is 13.3. The second-order valence-electron chi connectivity index (χ2n) is 15.2. The quantitative estimate of drug-likeness (QED) is 0.173. The Balaban J connectivity index is 1.08. The van der Waals surface area contributed by atoms with E-state index >= 15 is 0 Å². The van der Waals surface area contributed by atoms with Gasteiger partial charge in [0.25, 0.3) is 0 Å².